The Labute approximate surface area is 173 Å². The largest absolute Gasteiger partial charge is 0.369 e. The third-order valence-corrected chi connectivity index (χ3v) is 6.68. The zero-order valence-electron chi connectivity index (χ0n) is 16.4. The van der Waals surface area contributed by atoms with E-state index in [9.17, 15) is 9.59 Å². The van der Waals surface area contributed by atoms with Crippen molar-refractivity contribution in [2.24, 2.45) is 11.1 Å². The molecule has 2 aromatic heterocycles. The maximum atomic E-state index is 13.0. The number of H-pyrrole nitrogens is 1. The van der Waals surface area contributed by atoms with Crippen molar-refractivity contribution in [3.8, 4) is 10.4 Å². The lowest BCUT2D eigenvalue weighted by Gasteiger charge is -2.41. The number of nitrogens with zero attached hydrogens (tertiary/aromatic N) is 2. The van der Waals surface area contributed by atoms with Crippen LogP contribution < -0.4 is 5.73 Å². The molecule has 1 aromatic carbocycles. The van der Waals surface area contributed by atoms with Gasteiger partial charge in [-0.2, -0.15) is 5.10 Å². The highest BCUT2D eigenvalue weighted by atomic mass is 32.1. The fourth-order valence-electron chi connectivity index (χ4n) is 4.19. The molecule has 29 heavy (non-hydrogen) atoms. The summed E-state index contributed by atoms with van der Waals surface area (Å²) in [7, 11) is 0. The van der Waals surface area contributed by atoms with Gasteiger partial charge in [-0.05, 0) is 48.8 Å². The lowest BCUT2D eigenvalue weighted by atomic mass is 9.73. The minimum atomic E-state index is -0.779. The number of carbonyl (C=O) groups is 2. The minimum absolute atomic E-state index is 0.104. The highest BCUT2D eigenvalue weighted by molar-refractivity contribution is 7.13. The van der Waals surface area contributed by atoms with Crippen molar-refractivity contribution in [1.82, 2.24) is 15.1 Å². The van der Waals surface area contributed by atoms with E-state index >= 15 is 0 Å². The molecule has 0 spiro atoms. The molecule has 0 radical (unpaired) electrons. The van der Waals surface area contributed by atoms with Crippen LogP contribution in [0.1, 0.15) is 34.5 Å². The summed E-state index contributed by atoms with van der Waals surface area (Å²) >= 11 is 1.67. The first kappa shape index (κ1) is 19.4. The molecule has 1 saturated heterocycles. The van der Waals surface area contributed by atoms with Crippen molar-refractivity contribution in [2.45, 2.75) is 26.2 Å². The fourth-order valence-corrected chi connectivity index (χ4v) is 4.97. The molecule has 0 unspecified atom stereocenters. The van der Waals surface area contributed by atoms with Crippen molar-refractivity contribution in [3.63, 3.8) is 0 Å². The molecule has 3 N–H and O–H groups in total. The normalized spacial score (nSPS) is 19.3. The van der Waals surface area contributed by atoms with Crippen LogP contribution in [0.5, 0.6) is 0 Å². The van der Waals surface area contributed by atoms with Gasteiger partial charge in [-0.3, -0.25) is 14.7 Å². The Kier molecular flexibility index (Phi) is 5.24. The van der Waals surface area contributed by atoms with Crippen molar-refractivity contribution in [1.29, 1.82) is 0 Å². The first-order chi connectivity index (χ1) is 14.0. The van der Waals surface area contributed by atoms with Crippen LogP contribution in [-0.4, -0.2) is 40.0 Å². The summed E-state index contributed by atoms with van der Waals surface area (Å²) in [5, 5.41) is 8.81. The van der Waals surface area contributed by atoms with Crippen molar-refractivity contribution < 1.29 is 9.59 Å². The minimum Gasteiger partial charge on any atom is -0.369 e. The summed E-state index contributed by atoms with van der Waals surface area (Å²) in [6, 6.07) is 12.2. The number of aryl methyl sites for hydroxylation is 1. The van der Waals surface area contributed by atoms with E-state index in [4.69, 9.17) is 5.73 Å². The number of primary amides is 1. The van der Waals surface area contributed by atoms with Gasteiger partial charge in [0.15, 0.2) is 0 Å². The molecule has 0 aliphatic carbocycles. The molecular formula is C22H24N4O2S. The summed E-state index contributed by atoms with van der Waals surface area (Å²) < 4.78 is 0. The fraction of sp³-hybridized carbons (Fsp3) is 0.318. The van der Waals surface area contributed by atoms with Gasteiger partial charge < -0.3 is 10.6 Å². The lowest BCUT2D eigenvalue weighted by Crippen LogP contribution is -2.53. The molecule has 1 atom stereocenters. The van der Waals surface area contributed by atoms with Crippen LogP contribution in [-0.2, 0) is 11.2 Å². The zero-order valence-corrected chi connectivity index (χ0v) is 17.2. The first-order valence-electron chi connectivity index (χ1n) is 9.71. The molecule has 2 amide bonds. The van der Waals surface area contributed by atoms with E-state index in [1.54, 1.807) is 22.4 Å². The van der Waals surface area contributed by atoms with Gasteiger partial charge in [-0.25, -0.2) is 0 Å². The second-order valence-electron chi connectivity index (χ2n) is 7.69. The molecule has 7 heteroatoms. The SMILES string of the molecule is Cc1[nH]ncc1C(=O)N1CCC[C@](Cc2ccccc2-c2cccs2)(C(N)=O)C1. The van der Waals surface area contributed by atoms with Gasteiger partial charge in [-0.1, -0.05) is 30.3 Å². The molecule has 1 aliphatic heterocycles. The van der Waals surface area contributed by atoms with Gasteiger partial charge in [-0.15, -0.1) is 11.3 Å². The Morgan fingerprint density at radius 2 is 2.10 bits per heavy atom. The molecule has 4 rings (SSSR count). The third-order valence-electron chi connectivity index (χ3n) is 5.78. The quantitative estimate of drug-likeness (QED) is 0.678. The summed E-state index contributed by atoms with van der Waals surface area (Å²) in [5.74, 6) is -0.451. The second kappa shape index (κ2) is 7.83. The highest BCUT2D eigenvalue weighted by Crippen LogP contribution is 2.38. The topological polar surface area (TPSA) is 92.1 Å². The predicted octanol–water partition coefficient (Wildman–Crippen LogP) is 3.40. The van der Waals surface area contributed by atoms with Gasteiger partial charge >= 0.3 is 0 Å². The number of thiophene rings is 1. The van der Waals surface area contributed by atoms with E-state index in [1.165, 1.54) is 0 Å². The number of carbonyl (C=O) groups excluding carboxylic acids is 2. The summed E-state index contributed by atoms with van der Waals surface area (Å²) in [5.41, 5.74) is 8.64. The number of benzene rings is 1. The monoisotopic (exact) mass is 408 g/mol. The number of nitrogens with two attached hydrogens (primary N) is 1. The van der Waals surface area contributed by atoms with Crippen LogP contribution >= 0.6 is 11.3 Å². The molecular weight excluding hydrogens is 384 g/mol. The molecule has 3 aromatic rings. The van der Waals surface area contributed by atoms with Crippen LogP contribution in [0.25, 0.3) is 10.4 Å². The van der Waals surface area contributed by atoms with Crippen molar-refractivity contribution >= 4 is 23.2 Å². The number of piperidine rings is 1. The van der Waals surface area contributed by atoms with Crippen LogP contribution in [0.4, 0.5) is 0 Å². The Morgan fingerprint density at radius 1 is 1.28 bits per heavy atom. The van der Waals surface area contributed by atoms with E-state index in [2.05, 4.69) is 28.4 Å². The summed E-state index contributed by atoms with van der Waals surface area (Å²) in [6.07, 6.45) is 3.48. The zero-order chi connectivity index (χ0) is 20.4. The standard InChI is InChI=1S/C22H24N4O2S/c1-15-18(13-24-25-15)20(27)26-10-5-9-22(14-26,21(23)28)12-16-6-2-3-7-17(16)19-8-4-11-29-19/h2-4,6-8,11,13H,5,9-10,12,14H2,1H3,(H2,23,28)(H,24,25)/t22-/m1/s1. The first-order valence-corrected chi connectivity index (χ1v) is 10.6. The van der Waals surface area contributed by atoms with Crippen LogP contribution in [0.3, 0.4) is 0 Å². The van der Waals surface area contributed by atoms with Gasteiger partial charge in [0.2, 0.25) is 5.91 Å². The van der Waals surface area contributed by atoms with E-state index < -0.39 is 5.41 Å². The second-order valence-corrected chi connectivity index (χ2v) is 8.64. The van der Waals surface area contributed by atoms with Gasteiger partial charge in [0.1, 0.15) is 0 Å². The van der Waals surface area contributed by atoms with Gasteiger partial charge in [0, 0.05) is 23.7 Å². The lowest BCUT2D eigenvalue weighted by molar-refractivity contribution is -0.130. The van der Waals surface area contributed by atoms with Gasteiger partial charge in [0.05, 0.1) is 17.2 Å². The molecule has 3 heterocycles. The highest BCUT2D eigenvalue weighted by Gasteiger charge is 2.43. The van der Waals surface area contributed by atoms with E-state index in [0.717, 1.165) is 28.1 Å². The van der Waals surface area contributed by atoms with Crippen LogP contribution in [0.15, 0.2) is 48.0 Å². The number of aromatic amines is 1. The van der Waals surface area contributed by atoms with Crippen LogP contribution in [0, 0.1) is 12.3 Å². The van der Waals surface area contributed by atoms with Gasteiger partial charge in [0.25, 0.3) is 5.91 Å². The Balaban J connectivity index is 1.65. The smallest absolute Gasteiger partial charge is 0.257 e. The average Bonchev–Trinajstić information content (AvgIpc) is 3.40. The Bertz CT molecular complexity index is 1030. The number of likely N-dealkylation sites (tertiary alicyclic amines) is 1. The molecule has 0 bridgehead atoms. The molecule has 150 valence electrons. The number of nitrogens with one attached hydrogen (secondary N) is 1. The Morgan fingerprint density at radius 3 is 2.79 bits per heavy atom. The van der Waals surface area contributed by atoms with E-state index in [0.29, 0.717) is 31.5 Å². The molecule has 1 aliphatic rings. The molecule has 1 fully saturated rings. The number of hydrogen-bond acceptors (Lipinski definition) is 4. The molecule has 6 nitrogen and oxygen atoms in total. The number of aromatic nitrogens is 2. The Hall–Kier alpha value is -2.93. The summed E-state index contributed by atoms with van der Waals surface area (Å²) in [6.45, 7) is 2.76. The third kappa shape index (κ3) is 3.70. The maximum Gasteiger partial charge on any atom is 0.257 e. The van der Waals surface area contributed by atoms with Crippen LogP contribution in [0.2, 0.25) is 0 Å². The van der Waals surface area contributed by atoms with E-state index in [1.807, 2.05) is 30.5 Å². The van der Waals surface area contributed by atoms with Crippen molar-refractivity contribution in [3.05, 3.63) is 64.8 Å². The predicted molar refractivity (Wildman–Crippen MR) is 114 cm³/mol. The molecule has 0 saturated carbocycles. The number of amides is 2. The van der Waals surface area contributed by atoms with E-state index in [-0.39, 0.29) is 11.8 Å². The van der Waals surface area contributed by atoms with Crippen molar-refractivity contribution in [2.75, 3.05) is 13.1 Å². The summed E-state index contributed by atoms with van der Waals surface area (Å²) in [4.78, 5) is 28.6. The maximum absolute atomic E-state index is 13.0. The average molecular weight is 409 g/mol. The number of hydrogen-bond donors (Lipinski definition) is 2. The number of rotatable bonds is 5.